The van der Waals surface area contributed by atoms with Crippen LogP contribution in [0, 0.1) is 0 Å². The Kier molecular flexibility index (Phi) is 3.97. The summed E-state index contributed by atoms with van der Waals surface area (Å²) in [5.74, 6) is 0.0313. The van der Waals surface area contributed by atoms with Crippen molar-refractivity contribution in [1.29, 1.82) is 0 Å². The van der Waals surface area contributed by atoms with Crippen LogP contribution in [0.3, 0.4) is 0 Å². The highest BCUT2D eigenvalue weighted by Crippen LogP contribution is 2.37. The number of ether oxygens (including phenoxy) is 1. The first kappa shape index (κ1) is 13.5. The van der Waals surface area contributed by atoms with Crippen LogP contribution in [0.5, 0.6) is 0 Å². The molecule has 1 amide bonds. The van der Waals surface area contributed by atoms with Crippen LogP contribution in [0.2, 0.25) is 0 Å². The van der Waals surface area contributed by atoms with E-state index in [-0.39, 0.29) is 23.1 Å². The third kappa shape index (κ3) is 2.95. The second-order valence-corrected chi connectivity index (χ2v) is 5.48. The fraction of sp³-hybridized carbons (Fsp3) is 0.917. The number of methoxy groups -OCH3 is 1. The molecule has 1 atom stereocenters. The molecule has 0 heterocycles. The maximum absolute atomic E-state index is 11.9. The summed E-state index contributed by atoms with van der Waals surface area (Å²) in [7, 11) is 1.68. The molecular weight excluding hydrogens is 204 g/mol. The van der Waals surface area contributed by atoms with Crippen LogP contribution in [-0.2, 0) is 9.53 Å². The van der Waals surface area contributed by atoms with E-state index in [0.717, 1.165) is 19.3 Å². The van der Waals surface area contributed by atoms with Gasteiger partial charge in [-0.1, -0.05) is 0 Å². The third-order valence-corrected chi connectivity index (χ3v) is 3.78. The van der Waals surface area contributed by atoms with Gasteiger partial charge in [-0.3, -0.25) is 4.79 Å². The zero-order chi connectivity index (χ0) is 12.4. The van der Waals surface area contributed by atoms with Crippen molar-refractivity contribution in [3.05, 3.63) is 0 Å². The zero-order valence-corrected chi connectivity index (χ0v) is 10.8. The predicted molar refractivity (Wildman–Crippen MR) is 64.1 cm³/mol. The molecule has 0 aromatic heterocycles. The topological polar surface area (TPSA) is 64.3 Å². The molecule has 1 rings (SSSR count). The fourth-order valence-electron chi connectivity index (χ4n) is 1.83. The first-order valence-corrected chi connectivity index (χ1v) is 5.93. The number of carbonyl (C=O) groups is 1. The Morgan fingerprint density at radius 3 is 2.44 bits per heavy atom. The Labute approximate surface area is 97.9 Å². The summed E-state index contributed by atoms with van der Waals surface area (Å²) in [5, 5.41) is 2.97. The maximum atomic E-state index is 11.9. The van der Waals surface area contributed by atoms with Crippen molar-refractivity contribution in [2.24, 2.45) is 5.73 Å². The van der Waals surface area contributed by atoms with Crippen LogP contribution in [0.4, 0.5) is 0 Å². The van der Waals surface area contributed by atoms with Crippen molar-refractivity contribution >= 4 is 5.91 Å². The number of rotatable bonds is 5. The van der Waals surface area contributed by atoms with Gasteiger partial charge < -0.3 is 15.8 Å². The predicted octanol–water partition coefficient (Wildman–Crippen LogP) is 1.19. The van der Waals surface area contributed by atoms with Gasteiger partial charge in [-0.05, 0) is 40.0 Å². The van der Waals surface area contributed by atoms with E-state index in [4.69, 9.17) is 10.5 Å². The number of hydrogen-bond acceptors (Lipinski definition) is 3. The lowest BCUT2D eigenvalue weighted by Crippen LogP contribution is -2.56. The van der Waals surface area contributed by atoms with Gasteiger partial charge in [-0.2, -0.15) is 0 Å². The Morgan fingerprint density at radius 1 is 1.56 bits per heavy atom. The first-order chi connectivity index (χ1) is 7.31. The number of hydrogen-bond donors (Lipinski definition) is 2. The van der Waals surface area contributed by atoms with Crippen molar-refractivity contribution in [2.75, 3.05) is 7.11 Å². The summed E-state index contributed by atoms with van der Waals surface area (Å²) >= 11 is 0. The summed E-state index contributed by atoms with van der Waals surface area (Å²) < 4.78 is 5.43. The highest BCUT2D eigenvalue weighted by atomic mass is 16.5. The minimum Gasteiger partial charge on any atom is -0.378 e. The van der Waals surface area contributed by atoms with E-state index in [9.17, 15) is 4.79 Å². The van der Waals surface area contributed by atoms with Gasteiger partial charge >= 0.3 is 0 Å². The molecule has 16 heavy (non-hydrogen) atoms. The van der Waals surface area contributed by atoms with Gasteiger partial charge in [-0.15, -0.1) is 0 Å². The van der Waals surface area contributed by atoms with Gasteiger partial charge in [0.05, 0.1) is 12.0 Å². The molecular formula is C12H24N2O2. The van der Waals surface area contributed by atoms with Crippen molar-refractivity contribution in [3.63, 3.8) is 0 Å². The van der Waals surface area contributed by atoms with Gasteiger partial charge in [0.1, 0.15) is 0 Å². The van der Waals surface area contributed by atoms with E-state index >= 15 is 0 Å². The van der Waals surface area contributed by atoms with Gasteiger partial charge in [0.2, 0.25) is 5.91 Å². The molecule has 0 aromatic carbocycles. The minimum absolute atomic E-state index is 0.0313. The standard InChI is InChI=1S/C12H24N2O2/c1-9(13)11(2,3)14-10(15)8-12(16-4)6-5-7-12/h9H,5-8,13H2,1-4H3,(H,14,15). The zero-order valence-electron chi connectivity index (χ0n) is 10.8. The SMILES string of the molecule is COC1(CC(=O)NC(C)(C)C(C)N)CCC1. The lowest BCUT2D eigenvalue weighted by molar-refractivity contribution is -0.135. The smallest absolute Gasteiger partial charge is 0.223 e. The molecule has 0 aliphatic heterocycles. The normalized spacial score (nSPS) is 21.1. The van der Waals surface area contributed by atoms with Crippen LogP contribution in [0.1, 0.15) is 46.5 Å². The molecule has 0 saturated heterocycles. The molecule has 1 aliphatic rings. The molecule has 0 bridgehead atoms. The van der Waals surface area contributed by atoms with Crippen molar-refractivity contribution in [2.45, 2.75) is 63.6 Å². The maximum Gasteiger partial charge on any atom is 0.223 e. The molecule has 3 N–H and O–H groups in total. The van der Waals surface area contributed by atoms with E-state index in [2.05, 4.69) is 5.32 Å². The monoisotopic (exact) mass is 228 g/mol. The van der Waals surface area contributed by atoms with Gasteiger partial charge in [0, 0.05) is 18.7 Å². The summed E-state index contributed by atoms with van der Waals surface area (Å²) in [6, 6.07) is -0.0728. The van der Waals surface area contributed by atoms with Gasteiger partial charge in [0.25, 0.3) is 0 Å². The molecule has 4 heteroatoms. The summed E-state index contributed by atoms with van der Waals surface area (Å²) in [4.78, 5) is 11.9. The van der Waals surface area contributed by atoms with Gasteiger partial charge in [-0.25, -0.2) is 0 Å². The number of carbonyl (C=O) groups excluding carboxylic acids is 1. The highest BCUT2D eigenvalue weighted by Gasteiger charge is 2.40. The summed E-state index contributed by atoms with van der Waals surface area (Å²) in [6.07, 6.45) is 3.56. The van der Waals surface area contributed by atoms with Crippen LogP contribution < -0.4 is 11.1 Å². The molecule has 0 spiro atoms. The number of nitrogens with one attached hydrogen (secondary N) is 1. The van der Waals surface area contributed by atoms with E-state index < -0.39 is 0 Å². The largest absolute Gasteiger partial charge is 0.378 e. The van der Waals surface area contributed by atoms with E-state index in [0.29, 0.717) is 6.42 Å². The lowest BCUT2D eigenvalue weighted by atomic mass is 9.77. The molecule has 4 nitrogen and oxygen atoms in total. The fourth-order valence-corrected chi connectivity index (χ4v) is 1.83. The molecule has 1 aliphatic carbocycles. The Balaban J connectivity index is 2.47. The van der Waals surface area contributed by atoms with E-state index in [1.54, 1.807) is 7.11 Å². The first-order valence-electron chi connectivity index (χ1n) is 5.93. The molecule has 1 fully saturated rings. The highest BCUT2D eigenvalue weighted by molar-refractivity contribution is 5.78. The molecule has 0 aromatic rings. The molecule has 1 saturated carbocycles. The van der Waals surface area contributed by atoms with Crippen LogP contribution in [0.15, 0.2) is 0 Å². The summed E-state index contributed by atoms with van der Waals surface area (Å²) in [6.45, 7) is 5.78. The Hall–Kier alpha value is -0.610. The molecule has 1 unspecified atom stereocenters. The number of amides is 1. The Morgan fingerprint density at radius 2 is 2.12 bits per heavy atom. The van der Waals surface area contributed by atoms with Crippen molar-refractivity contribution in [1.82, 2.24) is 5.32 Å². The molecule has 94 valence electrons. The van der Waals surface area contributed by atoms with Crippen LogP contribution >= 0.6 is 0 Å². The quantitative estimate of drug-likeness (QED) is 0.743. The second kappa shape index (κ2) is 4.72. The minimum atomic E-state index is -0.365. The second-order valence-electron chi connectivity index (χ2n) is 5.48. The van der Waals surface area contributed by atoms with E-state index in [1.165, 1.54) is 0 Å². The summed E-state index contributed by atoms with van der Waals surface area (Å²) in [5.41, 5.74) is 5.24. The average Bonchev–Trinajstić information content (AvgIpc) is 2.10. The van der Waals surface area contributed by atoms with Crippen molar-refractivity contribution < 1.29 is 9.53 Å². The Bertz CT molecular complexity index is 246. The number of nitrogens with two attached hydrogens (primary N) is 1. The van der Waals surface area contributed by atoms with E-state index in [1.807, 2.05) is 20.8 Å². The lowest BCUT2D eigenvalue weighted by Gasteiger charge is -2.41. The molecule has 0 radical (unpaired) electrons. The van der Waals surface area contributed by atoms with Gasteiger partial charge in [0.15, 0.2) is 0 Å². The van der Waals surface area contributed by atoms with Crippen molar-refractivity contribution in [3.8, 4) is 0 Å². The average molecular weight is 228 g/mol. The van der Waals surface area contributed by atoms with Crippen LogP contribution in [-0.4, -0.2) is 30.2 Å². The third-order valence-electron chi connectivity index (χ3n) is 3.78. The van der Waals surface area contributed by atoms with Crippen LogP contribution in [0.25, 0.3) is 0 Å².